The van der Waals surface area contributed by atoms with E-state index in [-0.39, 0.29) is 24.0 Å². The van der Waals surface area contributed by atoms with E-state index in [9.17, 15) is 0 Å². The minimum absolute atomic E-state index is 0. The molecule has 3 aromatic rings. The van der Waals surface area contributed by atoms with Crippen molar-refractivity contribution in [3.8, 4) is 0 Å². The van der Waals surface area contributed by atoms with Crippen molar-refractivity contribution < 1.29 is 0 Å². The maximum Gasteiger partial charge on any atom is 0.191 e. The summed E-state index contributed by atoms with van der Waals surface area (Å²) in [6.45, 7) is 7.88. The van der Waals surface area contributed by atoms with Crippen LogP contribution in [0.3, 0.4) is 0 Å². The Balaban J connectivity index is 0.00000324. The van der Waals surface area contributed by atoms with Gasteiger partial charge >= 0.3 is 0 Å². The topological polar surface area (TPSA) is 57.5 Å². The lowest BCUT2D eigenvalue weighted by Gasteiger charge is -2.26. The minimum Gasteiger partial charge on any atom is -0.352 e. The number of hydrogen-bond acceptors (Lipinski definition) is 3. The lowest BCUT2D eigenvalue weighted by atomic mass is 10.1. The number of aromatic nitrogens is 2. The van der Waals surface area contributed by atoms with Gasteiger partial charge in [0.2, 0.25) is 0 Å². The van der Waals surface area contributed by atoms with E-state index in [4.69, 9.17) is 0 Å². The number of rotatable bonds is 8. The van der Waals surface area contributed by atoms with Crippen LogP contribution in [0.25, 0.3) is 0 Å². The largest absolute Gasteiger partial charge is 0.352 e. The highest BCUT2D eigenvalue weighted by atomic mass is 127. The van der Waals surface area contributed by atoms with Gasteiger partial charge in [0.05, 0.1) is 0 Å². The fourth-order valence-corrected chi connectivity index (χ4v) is 4.34. The number of aryl methyl sites for hydroxylation is 1. The molecule has 34 heavy (non-hydrogen) atoms. The molecule has 0 atom stereocenters. The van der Waals surface area contributed by atoms with E-state index in [1.807, 2.05) is 26.4 Å². The number of halogens is 1. The van der Waals surface area contributed by atoms with Crippen molar-refractivity contribution in [2.75, 3.05) is 20.1 Å². The van der Waals surface area contributed by atoms with E-state index in [2.05, 4.69) is 78.6 Å². The molecule has 0 amide bonds. The van der Waals surface area contributed by atoms with Crippen molar-refractivity contribution in [1.29, 1.82) is 0 Å². The Kier molecular flexibility index (Phi) is 10.4. The van der Waals surface area contributed by atoms with Gasteiger partial charge in [-0.25, -0.2) is 4.98 Å². The first-order valence-electron chi connectivity index (χ1n) is 12.0. The molecule has 1 aromatic heterocycles. The smallest absolute Gasteiger partial charge is 0.191 e. The maximum absolute atomic E-state index is 4.38. The molecule has 0 aliphatic carbocycles. The molecular weight excluding hydrogens is 535 g/mol. The number of nitrogens with zero attached hydrogens (tertiary/aromatic N) is 4. The lowest BCUT2D eigenvalue weighted by Crippen LogP contribution is -2.36. The molecule has 0 unspecified atom stereocenters. The van der Waals surface area contributed by atoms with Gasteiger partial charge in [-0.2, -0.15) is 0 Å². The predicted molar refractivity (Wildman–Crippen MR) is 151 cm³/mol. The average molecular weight is 573 g/mol. The Morgan fingerprint density at radius 3 is 2.24 bits per heavy atom. The number of hydrogen-bond donors (Lipinski definition) is 2. The quantitative estimate of drug-likeness (QED) is 0.233. The van der Waals surface area contributed by atoms with Crippen molar-refractivity contribution in [3.63, 3.8) is 0 Å². The Bertz CT molecular complexity index is 1040. The Labute approximate surface area is 220 Å². The summed E-state index contributed by atoms with van der Waals surface area (Å²) in [7, 11) is 1.81. The van der Waals surface area contributed by atoms with Crippen LogP contribution in [0.5, 0.6) is 0 Å². The maximum atomic E-state index is 4.38. The van der Waals surface area contributed by atoms with Gasteiger partial charge in [-0.1, -0.05) is 55.0 Å². The second kappa shape index (κ2) is 13.5. The molecule has 182 valence electrons. The van der Waals surface area contributed by atoms with Crippen LogP contribution in [0.15, 0.2) is 65.9 Å². The third-order valence-electron chi connectivity index (χ3n) is 6.29. The fourth-order valence-electron chi connectivity index (χ4n) is 4.34. The summed E-state index contributed by atoms with van der Waals surface area (Å²) < 4.78 is 2.16. The van der Waals surface area contributed by atoms with Gasteiger partial charge < -0.3 is 15.2 Å². The normalized spacial score (nSPS) is 14.5. The summed E-state index contributed by atoms with van der Waals surface area (Å²) in [6.07, 6.45) is 7.92. The average Bonchev–Trinajstić information content (AvgIpc) is 3.25. The van der Waals surface area contributed by atoms with Gasteiger partial charge in [-0.05, 0) is 55.1 Å². The molecule has 1 saturated heterocycles. The first-order valence-corrected chi connectivity index (χ1v) is 12.0. The standard InChI is InChI=1S/C27H36N6.HI/c1-22-29-13-16-33(22)21-26-8-6-7-25(17-26)19-31-27(28-2)30-18-23-9-11-24(12-10-23)20-32-14-4-3-5-15-32;/h6-13,16-17H,3-5,14-15,18-21H2,1-2H3,(H2,28,30,31);1H. The predicted octanol–water partition coefficient (Wildman–Crippen LogP) is 4.71. The van der Waals surface area contributed by atoms with Crippen molar-refractivity contribution >= 4 is 29.9 Å². The van der Waals surface area contributed by atoms with Crippen molar-refractivity contribution in [2.24, 2.45) is 4.99 Å². The van der Waals surface area contributed by atoms with Crippen LogP contribution >= 0.6 is 24.0 Å². The Hall–Kier alpha value is -2.39. The number of piperidine rings is 1. The van der Waals surface area contributed by atoms with Gasteiger partial charge in [0.25, 0.3) is 0 Å². The van der Waals surface area contributed by atoms with Crippen LogP contribution in [0.1, 0.15) is 47.3 Å². The SMILES string of the molecule is CN=C(NCc1ccc(CN2CCCCC2)cc1)NCc1cccc(Cn2ccnc2C)c1.I. The zero-order valence-electron chi connectivity index (χ0n) is 20.3. The Morgan fingerprint density at radius 1 is 0.882 bits per heavy atom. The second-order valence-corrected chi connectivity index (χ2v) is 8.85. The Morgan fingerprint density at radius 2 is 1.56 bits per heavy atom. The summed E-state index contributed by atoms with van der Waals surface area (Å²) in [4.78, 5) is 11.3. The summed E-state index contributed by atoms with van der Waals surface area (Å²) in [5.74, 6) is 1.84. The van der Waals surface area contributed by atoms with E-state index < -0.39 is 0 Å². The van der Waals surface area contributed by atoms with E-state index in [1.54, 1.807) is 0 Å². The molecular formula is C27H37IN6. The summed E-state index contributed by atoms with van der Waals surface area (Å²) in [6, 6.07) is 17.6. The summed E-state index contributed by atoms with van der Waals surface area (Å²) in [5, 5.41) is 6.86. The molecule has 1 aliphatic rings. The van der Waals surface area contributed by atoms with Crippen LogP contribution < -0.4 is 10.6 Å². The first-order chi connectivity index (χ1) is 16.2. The van der Waals surface area contributed by atoms with Crippen LogP contribution in [0, 0.1) is 6.92 Å². The number of likely N-dealkylation sites (tertiary alicyclic amines) is 1. The number of guanidine groups is 1. The molecule has 0 bridgehead atoms. The third-order valence-corrected chi connectivity index (χ3v) is 6.29. The number of imidazole rings is 1. The van der Waals surface area contributed by atoms with Crippen molar-refractivity contribution in [2.45, 2.75) is 52.4 Å². The molecule has 2 aromatic carbocycles. The molecule has 7 heteroatoms. The molecule has 0 radical (unpaired) electrons. The molecule has 1 aliphatic heterocycles. The van der Waals surface area contributed by atoms with E-state index in [0.29, 0.717) is 0 Å². The zero-order chi connectivity index (χ0) is 22.9. The zero-order valence-corrected chi connectivity index (χ0v) is 22.7. The van der Waals surface area contributed by atoms with E-state index in [0.717, 1.165) is 38.0 Å². The number of nitrogens with one attached hydrogen (secondary N) is 2. The number of aliphatic imine (C=N–C) groups is 1. The summed E-state index contributed by atoms with van der Waals surface area (Å²) >= 11 is 0. The van der Waals surface area contributed by atoms with Gasteiger partial charge in [-0.3, -0.25) is 9.89 Å². The highest BCUT2D eigenvalue weighted by Gasteiger charge is 2.10. The van der Waals surface area contributed by atoms with Gasteiger partial charge in [0.1, 0.15) is 5.82 Å². The van der Waals surface area contributed by atoms with Gasteiger partial charge in [0, 0.05) is 45.6 Å². The van der Waals surface area contributed by atoms with E-state index in [1.165, 1.54) is 54.6 Å². The third kappa shape index (κ3) is 7.84. The second-order valence-electron chi connectivity index (χ2n) is 8.85. The van der Waals surface area contributed by atoms with Crippen molar-refractivity contribution in [1.82, 2.24) is 25.1 Å². The molecule has 0 spiro atoms. The van der Waals surface area contributed by atoms with Crippen LogP contribution in [0.2, 0.25) is 0 Å². The molecule has 2 N–H and O–H groups in total. The highest BCUT2D eigenvalue weighted by Crippen LogP contribution is 2.14. The number of benzene rings is 2. The van der Waals surface area contributed by atoms with E-state index >= 15 is 0 Å². The monoisotopic (exact) mass is 572 g/mol. The van der Waals surface area contributed by atoms with Crippen LogP contribution in [-0.2, 0) is 26.2 Å². The molecule has 1 fully saturated rings. The lowest BCUT2D eigenvalue weighted by molar-refractivity contribution is 0.221. The van der Waals surface area contributed by atoms with Gasteiger partial charge in [-0.15, -0.1) is 24.0 Å². The first kappa shape index (κ1) is 26.2. The molecule has 0 saturated carbocycles. The minimum atomic E-state index is 0. The van der Waals surface area contributed by atoms with Crippen LogP contribution in [-0.4, -0.2) is 40.5 Å². The summed E-state index contributed by atoms with van der Waals surface area (Å²) in [5.41, 5.74) is 5.16. The van der Waals surface area contributed by atoms with Crippen molar-refractivity contribution in [3.05, 3.63) is 89.0 Å². The molecule has 4 rings (SSSR count). The fraction of sp³-hybridized carbons (Fsp3) is 0.407. The molecule has 2 heterocycles. The highest BCUT2D eigenvalue weighted by molar-refractivity contribution is 14.0. The van der Waals surface area contributed by atoms with Gasteiger partial charge in [0.15, 0.2) is 5.96 Å². The van der Waals surface area contributed by atoms with Crippen LogP contribution in [0.4, 0.5) is 0 Å². The molecule has 6 nitrogen and oxygen atoms in total.